The highest BCUT2D eigenvalue weighted by atomic mass is 35.5. The number of hydrogen-bond acceptors (Lipinski definition) is 3. The summed E-state index contributed by atoms with van der Waals surface area (Å²) in [5.41, 5.74) is 0.346. The Hall–Kier alpha value is -1.03. The van der Waals surface area contributed by atoms with Gasteiger partial charge in [0.25, 0.3) is 5.91 Å². The highest BCUT2D eigenvalue weighted by Gasteiger charge is 2.20. The second kappa shape index (κ2) is 5.75. The fraction of sp³-hybridized carbons (Fsp3) is 0.600. The van der Waals surface area contributed by atoms with Crippen LogP contribution in [0, 0.1) is 0 Å². The van der Waals surface area contributed by atoms with Gasteiger partial charge in [-0.1, -0.05) is 5.16 Å². The van der Waals surface area contributed by atoms with Gasteiger partial charge in [0.15, 0.2) is 5.69 Å². The predicted molar refractivity (Wildman–Crippen MR) is 58.0 cm³/mol. The SMILES string of the molecule is CC(C)N(CCCCl)C(=O)c1ccon1. The first-order valence-corrected chi connectivity index (χ1v) is 5.47. The number of alkyl halides is 1. The Kier molecular flexibility index (Phi) is 4.62. The van der Waals surface area contributed by atoms with Gasteiger partial charge >= 0.3 is 0 Å². The highest BCUT2D eigenvalue weighted by molar-refractivity contribution is 6.17. The van der Waals surface area contributed by atoms with E-state index in [-0.39, 0.29) is 11.9 Å². The molecular weight excluding hydrogens is 216 g/mol. The number of amides is 1. The van der Waals surface area contributed by atoms with Crippen molar-refractivity contribution in [3.8, 4) is 0 Å². The number of aromatic nitrogens is 1. The van der Waals surface area contributed by atoms with Crippen LogP contribution >= 0.6 is 11.6 Å². The van der Waals surface area contributed by atoms with E-state index in [0.717, 1.165) is 6.42 Å². The van der Waals surface area contributed by atoms with E-state index < -0.39 is 0 Å². The molecule has 0 saturated carbocycles. The zero-order valence-corrected chi connectivity index (χ0v) is 9.70. The van der Waals surface area contributed by atoms with E-state index in [1.54, 1.807) is 11.0 Å². The maximum Gasteiger partial charge on any atom is 0.276 e. The van der Waals surface area contributed by atoms with E-state index in [9.17, 15) is 4.79 Å². The molecule has 0 aliphatic heterocycles. The molecule has 0 unspecified atom stereocenters. The van der Waals surface area contributed by atoms with E-state index >= 15 is 0 Å². The van der Waals surface area contributed by atoms with Crippen molar-refractivity contribution < 1.29 is 9.32 Å². The number of carbonyl (C=O) groups excluding carboxylic acids is 1. The van der Waals surface area contributed by atoms with Crippen molar-refractivity contribution in [2.75, 3.05) is 12.4 Å². The fourth-order valence-corrected chi connectivity index (χ4v) is 1.41. The molecule has 0 fully saturated rings. The number of rotatable bonds is 5. The second-order valence-corrected chi connectivity index (χ2v) is 3.90. The summed E-state index contributed by atoms with van der Waals surface area (Å²) < 4.78 is 4.65. The quantitative estimate of drug-likeness (QED) is 0.729. The van der Waals surface area contributed by atoms with Gasteiger partial charge in [-0.25, -0.2) is 0 Å². The summed E-state index contributed by atoms with van der Waals surface area (Å²) in [6.07, 6.45) is 2.18. The Morgan fingerprint density at radius 1 is 1.67 bits per heavy atom. The average molecular weight is 231 g/mol. The Morgan fingerprint density at radius 3 is 2.87 bits per heavy atom. The molecule has 0 radical (unpaired) electrons. The molecule has 84 valence electrons. The molecule has 0 spiro atoms. The Bertz CT molecular complexity index is 298. The van der Waals surface area contributed by atoms with Gasteiger partial charge in [-0.3, -0.25) is 4.79 Å². The van der Waals surface area contributed by atoms with Crippen molar-refractivity contribution in [1.82, 2.24) is 10.1 Å². The fourth-order valence-electron chi connectivity index (χ4n) is 1.29. The van der Waals surface area contributed by atoms with Gasteiger partial charge in [-0.05, 0) is 20.3 Å². The minimum atomic E-state index is -0.108. The third-order valence-electron chi connectivity index (χ3n) is 2.07. The first-order valence-electron chi connectivity index (χ1n) is 4.94. The molecule has 0 aliphatic carbocycles. The normalized spacial score (nSPS) is 10.7. The summed E-state index contributed by atoms with van der Waals surface area (Å²) in [6, 6.07) is 1.70. The van der Waals surface area contributed by atoms with Crippen molar-refractivity contribution in [2.24, 2.45) is 0 Å². The Morgan fingerprint density at radius 2 is 2.40 bits per heavy atom. The zero-order valence-electron chi connectivity index (χ0n) is 8.94. The lowest BCUT2D eigenvalue weighted by Gasteiger charge is -2.25. The summed E-state index contributed by atoms with van der Waals surface area (Å²) in [6.45, 7) is 4.57. The van der Waals surface area contributed by atoms with Crippen LogP contribution in [0.5, 0.6) is 0 Å². The van der Waals surface area contributed by atoms with Crippen molar-refractivity contribution in [2.45, 2.75) is 26.3 Å². The molecule has 1 aromatic heterocycles. The third-order valence-corrected chi connectivity index (χ3v) is 2.34. The maximum absolute atomic E-state index is 11.9. The topological polar surface area (TPSA) is 46.3 Å². The van der Waals surface area contributed by atoms with E-state index in [4.69, 9.17) is 11.6 Å². The van der Waals surface area contributed by atoms with Crippen LogP contribution in [0.2, 0.25) is 0 Å². The minimum Gasteiger partial charge on any atom is -0.364 e. The van der Waals surface area contributed by atoms with Gasteiger partial charge in [-0.15, -0.1) is 11.6 Å². The minimum absolute atomic E-state index is 0.108. The number of halogens is 1. The van der Waals surface area contributed by atoms with Crippen molar-refractivity contribution in [3.63, 3.8) is 0 Å². The van der Waals surface area contributed by atoms with E-state index in [0.29, 0.717) is 18.1 Å². The van der Waals surface area contributed by atoms with Crippen LogP contribution < -0.4 is 0 Å². The Balaban J connectivity index is 2.67. The van der Waals surface area contributed by atoms with E-state index in [1.165, 1.54) is 6.26 Å². The van der Waals surface area contributed by atoms with E-state index in [1.807, 2.05) is 13.8 Å². The molecule has 0 aromatic carbocycles. The van der Waals surface area contributed by atoms with Gasteiger partial charge in [0, 0.05) is 24.5 Å². The van der Waals surface area contributed by atoms with E-state index in [2.05, 4.69) is 9.68 Å². The number of nitrogens with zero attached hydrogens (tertiary/aromatic N) is 2. The average Bonchev–Trinajstić information content (AvgIpc) is 2.70. The molecule has 1 amide bonds. The number of hydrogen-bond donors (Lipinski definition) is 0. The molecule has 1 aromatic rings. The first-order chi connectivity index (χ1) is 7.16. The van der Waals surface area contributed by atoms with Crippen molar-refractivity contribution in [1.29, 1.82) is 0 Å². The van der Waals surface area contributed by atoms with Gasteiger partial charge in [0.1, 0.15) is 6.26 Å². The van der Waals surface area contributed by atoms with Gasteiger partial charge in [0.2, 0.25) is 0 Å². The van der Waals surface area contributed by atoms with Gasteiger partial charge in [0.05, 0.1) is 0 Å². The molecule has 1 rings (SSSR count). The van der Waals surface area contributed by atoms with Crippen LogP contribution in [-0.4, -0.2) is 34.4 Å². The van der Waals surface area contributed by atoms with Crippen LogP contribution in [0.3, 0.4) is 0 Å². The zero-order chi connectivity index (χ0) is 11.3. The lowest BCUT2D eigenvalue weighted by Crippen LogP contribution is -2.38. The van der Waals surface area contributed by atoms with Gasteiger partial charge in [-0.2, -0.15) is 0 Å². The predicted octanol–water partition coefficient (Wildman–Crippen LogP) is 2.15. The van der Waals surface area contributed by atoms with Gasteiger partial charge < -0.3 is 9.42 Å². The van der Waals surface area contributed by atoms with Crippen LogP contribution in [0.25, 0.3) is 0 Å². The molecule has 1 heterocycles. The highest BCUT2D eigenvalue weighted by Crippen LogP contribution is 2.07. The molecule has 4 nitrogen and oxygen atoms in total. The molecular formula is C10H15ClN2O2. The first kappa shape index (κ1) is 12.0. The van der Waals surface area contributed by atoms with Crippen LogP contribution in [0.1, 0.15) is 30.8 Å². The molecule has 0 saturated heterocycles. The summed E-state index contributed by atoms with van der Waals surface area (Å²) in [5.74, 6) is 0.443. The summed E-state index contributed by atoms with van der Waals surface area (Å²) in [5, 5.41) is 3.63. The molecule has 15 heavy (non-hydrogen) atoms. The molecule has 0 atom stereocenters. The van der Waals surface area contributed by atoms with Crippen LogP contribution in [-0.2, 0) is 0 Å². The van der Waals surface area contributed by atoms with Crippen molar-refractivity contribution >= 4 is 17.5 Å². The lowest BCUT2D eigenvalue weighted by molar-refractivity contribution is 0.0696. The van der Waals surface area contributed by atoms with Crippen molar-refractivity contribution in [3.05, 3.63) is 18.0 Å². The van der Waals surface area contributed by atoms with Crippen LogP contribution in [0.4, 0.5) is 0 Å². The second-order valence-electron chi connectivity index (χ2n) is 3.52. The standard InChI is InChI=1S/C10H15ClN2O2/c1-8(2)13(6-3-5-11)10(14)9-4-7-15-12-9/h4,7-8H,3,5-6H2,1-2H3. The lowest BCUT2D eigenvalue weighted by atomic mass is 10.2. The summed E-state index contributed by atoms with van der Waals surface area (Å²) in [7, 11) is 0. The smallest absolute Gasteiger partial charge is 0.276 e. The maximum atomic E-state index is 11.9. The number of carbonyl (C=O) groups is 1. The summed E-state index contributed by atoms with van der Waals surface area (Å²) >= 11 is 5.61. The Labute approximate surface area is 94.2 Å². The molecule has 0 aliphatic rings. The molecule has 5 heteroatoms. The largest absolute Gasteiger partial charge is 0.364 e. The monoisotopic (exact) mass is 230 g/mol. The third kappa shape index (κ3) is 3.23. The molecule has 0 N–H and O–H groups in total. The summed E-state index contributed by atoms with van der Waals surface area (Å²) in [4.78, 5) is 13.6. The molecule has 0 bridgehead atoms. The van der Waals surface area contributed by atoms with Crippen LogP contribution in [0.15, 0.2) is 16.9 Å².